The van der Waals surface area contributed by atoms with E-state index in [0.29, 0.717) is 17.2 Å². The number of pyridine rings is 1. The van der Waals surface area contributed by atoms with E-state index in [0.717, 1.165) is 5.65 Å². The van der Waals surface area contributed by atoms with Crippen LogP contribution in [0.4, 0.5) is 0 Å². The molecular formula is C14H11N5O2S. The van der Waals surface area contributed by atoms with Gasteiger partial charge in [-0.2, -0.15) is 0 Å². The lowest BCUT2D eigenvalue weighted by molar-refractivity contribution is 0.595. The Bertz CT molecular complexity index is 1010. The van der Waals surface area contributed by atoms with Gasteiger partial charge in [0, 0.05) is 11.8 Å². The largest absolute Gasteiger partial charge is 0.285 e. The molecule has 0 atom stereocenters. The van der Waals surface area contributed by atoms with Crippen LogP contribution in [-0.2, 0) is 16.6 Å². The van der Waals surface area contributed by atoms with Crippen LogP contribution in [0, 0.1) is 0 Å². The van der Waals surface area contributed by atoms with Crippen molar-refractivity contribution >= 4 is 21.5 Å². The highest BCUT2D eigenvalue weighted by Crippen LogP contribution is 2.22. The minimum absolute atomic E-state index is 0.233. The van der Waals surface area contributed by atoms with Crippen molar-refractivity contribution in [3.63, 3.8) is 0 Å². The molecule has 0 spiro atoms. The minimum atomic E-state index is -3.51. The molecule has 0 amide bonds. The maximum Gasteiger partial charge on any atom is 0.263 e. The zero-order chi connectivity index (χ0) is 15.2. The van der Waals surface area contributed by atoms with E-state index in [4.69, 9.17) is 0 Å². The van der Waals surface area contributed by atoms with Crippen molar-refractivity contribution in [2.75, 3.05) is 0 Å². The molecule has 3 aromatic rings. The molecule has 0 saturated carbocycles. The summed E-state index contributed by atoms with van der Waals surface area (Å²) in [4.78, 5) is 4.61. The number of amidine groups is 1. The van der Waals surface area contributed by atoms with Gasteiger partial charge < -0.3 is 0 Å². The van der Waals surface area contributed by atoms with Crippen molar-refractivity contribution in [1.29, 1.82) is 0 Å². The highest BCUT2D eigenvalue weighted by Gasteiger charge is 2.30. The summed E-state index contributed by atoms with van der Waals surface area (Å²) in [6.45, 7) is 0.233. The second kappa shape index (κ2) is 4.63. The summed E-state index contributed by atoms with van der Waals surface area (Å²) < 4.78 is 28.3. The molecule has 7 nitrogen and oxygen atoms in total. The zero-order valence-electron chi connectivity index (χ0n) is 11.3. The number of benzene rings is 1. The Morgan fingerprint density at radius 1 is 1.09 bits per heavy atom. The average molecular weight is 313 g/mol. The molecule has 22 heavy (non-hydrogen) atoms. The standard InChI is InChI=1S/C14H11N5O2S/c20-22(21)11-6-2-1-5-10(11)14(18-22)15-9-13-17-16-12-7-3-4-8-19(12)13/h1-8H,9H2,(H,15,18). The van der Waals surface area contributed by atoms with Gasteiger partial charge in [-0.05, 0) is 24.3 Å². The molecular weight excluding hydrogens is 302 g/mol. The summed E-state index contributed by atoms with van der Waals surface area (Å²) >= 11 is 0. The third-order valence-corrected chi connectivity index (χ3v) is 4.82. The smallest absolute Gasteiger partial charge is 0.263 e. The monoisotopic (exact) mass is 313 g/mol. The molecule has 1 aromatic carbocycles. The first-order valence-electron chi connectivity index (χ1n) is 6.60. The molecule has 0 unspecified atom stereocenters. The van der Waals surface area contributed by atoms with E-state index in [2.05, 4.69) is 19.9 Å². The van der Waals surface area contributed by atoms with Gasteiger partial charge in [-0.25, -0.2) is 8.42 Å². The third kappa shape index (κ3) is 1.96. The van der Waals surface area contributed by atoms with Crippen molar-refractivity contribution in [3.8, 4) is 0 Å². The fourth-order valence-electron chi connectivity index (χ4n) is 2.40. The number of fused-ring (bicyclic) bond motifs is 2. The van der Waals surface area contributed by atoms with Gasteiger partial charge in [0.25, 0.3) is 10.0 Å². The number of sulfonamides is 1. The normalized spacial score (nSPS) is 17.5. The van der Waals surface area contributed by atoms with Crippen LogP contribution in [0.2, 0.25) is 0 Å². The van der Waals surface area contributed by atoms with Crippen molar-refractivity contribution in [3.05, 3.63) is 60.0 Å². The minimum Gasteiger partial charge on any atom is -0.285 e. The fourth-order valence-corrected chi connectivity index (χ4v) is 3.65. The van der Waals surface area contributed by atoms with E-state index in [1.165, 1.54) is 0 Å². The molecule has 2 aromatic heterocycles. The predicted molar refractivity (Wildman–Crippen MR) is 80.0 cm³/mol. The highest BCUT2D eigenvalue weighted by molar-refractivity contribution is 7.90. The SMILES string of the molecule is O=S1(=O)NC(=NCc2nnc3ccccn23)c2ccccc21. The molecule has 3 heterocycles. The van der Waals surface area contributed by atoms with Gasteiger partial charge in [0.05, 0.1) is 4.90 Å². The van der Waals surface area contributed by atoms with E-state index in [1.54, 1.807) is 24.3 Å². The van der Waals surface area contributed by atoms with Gasteiger partial charge in [0.15, 0.2) is 11.5 Å². The van der Waals surface area contributed by atoms with Crippen LogP contribution >= 0.6 is 0 Å². The van der Waals surface area contributed by atoms with Crippen LogP contribution in [-0.4, -0.2) is 28.9 Å². The summed E-state index contributed by atoms with van der Waals surface area (Å²) in [5.41, 5.74) is 1.31. The van der Waals surface area contributed by atoms with Crippen molar-refractivity contribution < 1.29 is 8.42 Å². The first kappa shape index (κ1) is 13.0. The van der Waals surface area contributed by atoms with E-state index < -0.39 is 10.0 Å². The lowest BCUT2D eigenvalue weighted by Gasteiger charge is -1.99. The maximum absolute atomic E-state index is 12.0. The van der Waals surface area contributed by atoms with E-state index in [-0.39, 0.29) is 11.4 Å². The third-order valence-electron chi connectivity index (χ3n) is 3.43. The van der Waals surface area contributed by atoms with Crippen LogP contribution in [0.1, 0.15) is 11.4 Å². The molecule has 0 radical (unpaired) electrons. The molecule has 1 aliphatic heterocycles. The summed E-state index contributed by atoms with van der Waals surface area (Å²) in [5, 5.41) is 8.12. The molecule has 8 heteroatoms. The van der Waals surface area contributed by atoms with Crippen molar-refractivity contribution in [2.45, 2.75) is 11.4 Å². The second-order valence-electron chi connectivity index (χ2n) is 4.81. The van der Waals surface area contributed by atoms with Gasteiger partial charge in [0.2, 0.25) is 0 Å². The Hall–Kier alpha value is -2.74. The van der Waals surface area contributed by atoms with E-state index >= 15 is 0 Å². The molecule has 1 N–H and O–H groups in total. The number of hydrogen-bond donors (Lipinski definition) is 1. The number of nitrogens with zero attached hydrogens (tertiary/aromatic N) is 4. The van der Waals surface area contributed by atoms with E-state index in [9.17, 15) is 8.42 Å². The quantitative estimate of drug-likeness (QED) is 0.763. The predicted octanol–water partition coefficient (Wildman–Crippen LogP) is 0.968. The van der Waals surface area contributed by atoms with Gasteiger partial charge >= 0.3 is 0 Å². The van der Waals surface area contributed by atoms with Crippen LogP contribution in [0.15, 0.2) is 58.5 Å². The first-order valence-corrected chi connectivity index (χ1v) is 8.09. The number of hydrogen-bond acceptors (Lipinski definition) is 5. The van der Waals surface area contributed by atoms with Crippen molar-refractivity contribution in [1.82, 2.24) is 19.3 Å². The molecule has 4 rings (SSSR count). The Morgan fingerprint density at radius 3 is 2.82 bits per heavy atom. The first-order chi connectivity index (χ1) is 10.6. The summed E-state index contributed by atoms with van der Waals surface area (Å²) in [6, 6.07) is 12.4. The average Bonchev–Trinajstić information content (AvgIpc) is 3.05. The number of aromatic nitrogens is 3. The Labute approximate surface area is 126 Å². The highest BCUT2D eigenvalue weighted by atomic mass is 32.2. The molecule has 1 aliphatic rings. The molecule has 0 aliphatic carbocycles. The number of rotatable bonds is 2. The summed E-state index contributed by atoms with van der Waals surface area (Å²) in [7, 11) is -3.51. The Morgan fingerprint density at radius 2 is 1.91 bits per heavy atom. The Kier molecular flexibility index (Phi) is 2.73. The lowest BCUT2D eigenvalue weighted by Crippen LogP contribution is -2.22. The zero-order valence-corrected chi connectivity index (χ0v) is 12.2. The fraction of sp³-hybridized carbons (Fsp3) is 0.0714. The molecule has 0 bridgehead atoms. The van der Waals surface area contributed by atoms with Gasteiger partial charge in [-0.1, -0.05) is 18.2 Å². The van der Waals surface area contributed by atoms with Crippen LogP contribution in [0.5, 0.6) is 0 Å². The van der Waals surface area contributed by atoms with Crippen LogP contribution in [0.25, 0.3) is 5.65 Å². The topological polar surface area (TPSA) is 88.7 Å². The molecule has 0 fully saturated rings. The van der Waals surface area contributed by atoms with Crippen LogP contribution in [0.3, 0.4) is 0 Å². The summed E-state index contributed by atoms with van der Waals surface area (Å²) in [5.74, 6) is 0.981. The van der Waals surface area contributed by atoms with Crippen molar-refractivity contribution in [2.24, 2.45) is 4.99 Å². The maximum atomic E-state index is 12.0. The van der Waals surface area contributed by atoms with Crippen LogP contribution < -0.4 is 4.72 Å². The van der Waals surface area contributed by atoms with E-state index in [1.807, 2.05) is 28.8 Å². The summed E-state index contributed by atoms with van der Waals surface area (Å²) in [6.07, 6.45) is 1.84. The van der Waals surface area contributed by atoms with Gasteiger partial charge in [0.1, 0.15) is 12.4 Å². The number of nitrogens with one attached hydrogen (secondary N) is 1. The molecule has 110 valence electrons. The molecule has 0 saturated heterocycles. The number of aliphatic imine (C=N–C) groups is 1. The van der Waals surface area contributed by atoms with Gasteiger partial charge in [-0.15, -0.1) is 10.2 Å². The second-order valence-corrected chi connectivity index (χ2v) is 6.46. The lowest BCUT2D eigenvalue weighted by atomic mass is 10.2. The van der Waals surface area contributed by atoms with Gasteiger partial charge in [-0.3, -0.25) is 14.1 Å². The Balaban J connectivity index is 1.73.